The standard InChI is InChI=1S/C9H9BrClNO2/c1-2-14-7(13)5-6-3-4-12-9(11)8(6)10/h3-4H,2,5H2,1H3. The molecule has 1 aromatic rings. The maximum atomic E-state index is 11.2. The molecule has 14 heavy (non-hydrogen) atoms. The van der Waals surface area contributed by atoms with E-state index in [1.54, 1.807) is 19.2 Å². The first-order valence-electron chi connectivity index (χ1n) is 4.09. The molecule has 1 rings (SSSR count). The van der Waals surface area contributed by atoms with E-state index in [0.29, 0.717) is 16.2 Å². The van der Waals surface area contributed by atoms with Crippen LogP contribution in [0, 0.1) is 0 Å². The van der Waals surface area contributed by atoms with E-state index in [-0.39, 0.29) is 12.4 Å². The summed E-state index contributed by atoms with van der Waals surface area (Å²) in [5.41, 5.74) is 0.781. The van der Waals surface area contributed by atoms with Crippen molar-refractivity contribution in [1.82, 2.24) is 4.98 Å². The van der Waals surface area contributed by atoms with E-state index in [9.17, 15) is 4.79 Å². The summed E-state index contributed by atoms with van der Waals surface area (Å²) < 4.78 is 5.47. The number of aromatic nitrogens is 1. The SMILES string of the molecule is CCOC(=O)Cc1ccnc(Cl)c1Br. The third-order valence-corrected chi connectivity index (χ3v) is 2.97. The zero-order chi connectivity index (χ0) is 10.6. The first-order chi connectivity index (χ1) is 6.65. The molecular weight excluding hydrogens is 269 g/mol. The number of hydrogen-bond acceptors (Lipinski definition) is 3. The quantitative estimate of drug-likeness (QED) is 0.630. The Morgan fingerprint density at radius 1 is 1.71 bits per heavy atom. The van der Waals surface area contributed by atoms with Crippen molar-refractivity contribution < 1.29 is 9.53 Å². The molecule has 0 unspecified atom stereocenters. The molecule has 0 atom stereocenters. The Labute approximate surface area is 95.6 Å². The van der Waals surface area contributed by atoms with E-state index in [4.69, 9.17) is 16.3 Å². The van der Waals surface area contributed by atoms with Crippen molar-refractivity contribution in [3.05, 3.63) is 27.5 Å². The molecule has 0 aliphatic heterocycles. The molecule has 3 nitrogen and oxygen atoms in total. The molecule has 76 valence electrons. The first-order valence-corrected chi connectivity index (χ1v) is 5.26. The minimum absolute atomic E-state index is 0.205. The zero-order valence-corrected chi connectivity index (χ0v) is 9.93. The summed E-state index contributed by atoms with van der Waals surface area (Å²) in [7, 11) is 0. The van der Waals surface area contributed by atoms with Crippen LogP contribution >= 0.6 is 27.5 Å². The van der Waals surface area contributed by atoms with Crippen molar-refractivity contribution in [1.29, 1.82) is 0 Å². The number of nitrogens with zero attached hydrogens (tertiary/aromatic N) is 1. The number of halogens is 2. The summed E-state index contributed by atoms with van der Waals surface area (Å²) in [5.74, 6) is -0.268. The summed E-state index contributed by atoms with van der Waals surface area (Å²) in [6.07, 6.45) is 1.76. The van der Waals surface area contributed by atoms with Crippen molar-refractivity contribution in [2.45, 2.75) is 13.3 Å². The van der Waals surface area contributed by atoms with E-state index in [1.165, 1.54) is 0 Å². The van der Waals surface area contributed by atoms with Gasteiger partial charge in [0.05, 0.1) is 17.5 Å². The van der Waals surface area contributed by atoms with Gasteiger partial charge in [-0.3, -0.25) is 4.79 Å². The highest BCUT2D eigenvalue weighted by Gasteiger charge is 2.09. The van der Waals surface area contributed by atoms with Crippen LogP contribution in [0.2, 0.25) is 5.15 Å². The van der Waals surface area contributed by atoms with Crippen LogP contribution < -0.4 is 0 Å². The Morgan fingerprint density at radius 3 is 3.07 bits per heavy atom. The predicted molar refractivity (Wildman–Crippen MR) is 57.3 cm³/mol. The topological polar surface area (TPSA) is 39.2 Å². The number of ether oxygens (including phenoxy) is 1. The fourth-order valence-corrected chi connectivity index (χ4v) is 1.51. The minimum Gasteiger partial charge on any atom is -0.466 e. The Balaban J connectivity index is 2.76. The molecule has 0 aliphatic carbocycles. The van der Waals surface area contributed by atoms with Crippen LogP contribution in [0.5, 0.6) is 0 Å². The van der Waals surface area contributed by atoms with Gasteiger partial charge in [0.25, 0.3) is 0 Å². The van der Waals surface area contributed by atoms with Crippen molar-refractivity contribution in [3.8, 4) is 0 Å². The van der Waals surface area contributed by atoms with Crippen molar-refractivity contribution in [3.63, 3.8) is 0 Å². The molecule has 1 heterocycles. The van der Waals surface area contributed by atoms with Gasteiger partial charge in [0, 0.05) is 6.20 Å². The van der Waals surface area contributed by atoms with Gasteiger partial charge in [-0.25, -0.2) is 4.98 Å². The Hall–Kier alpha value is -0.610. The average molecular weight is 279 g/mol. The van der Waals surface area contributed by atoms with Gasteiger partial charge in [0.1, 0.15) is 5.15 Å². The highest BCUT2D eigenvalue weighted by atomic mass is 79.9. The third kappa shape index (κ3) is 2.96. The molecule has 0 radical (unpaired) electrons. The van der Waals surface area contributed by atoms with E-state index in [0.717, 1.165) is 5.56 Å². The summed E-state index contributed by atoms with van der Waals surface area (Å²) in [5, 5.41) is 0.354. The zero-order valence-electron chi connectivity index (χ0n) is 7.59. The van der Waals surface area contributed by atoms with E-state index < -0.39 is 0 Å². The Bertz CT molecular complexity index is 344. The molecular formula is C9H9BrClNO2. The van der Waals surface area contributed by atoms with Crippen LogP contribution in [-0.2, 0) is 16.0 Å². The number of carbonyl (C=O) groups excluding carboxylic acids is 1. The molecule has 0 saturated heterocycles. The number of carbonyl (C=O) groups is 1. The first kappa shape index (κ1) is 11.5. The molecule has 0 aromatic carbocycles. The second kappa shape index (κ2) is 5.32. The van der Waals surface area contributed by atoms with Crippen LogP contribution in [-0.4, -0.2) is 17.6 Å². The maximum Gasteiger partial charge on any atom is 0.310 e. The Morgan fingerprint density at radius 2 is 2.43 bits per heavy atom. The van der Waals surface area contributed by atoms with Gasteiger partial charge < -0.3 is 4.74 Å². The van der Waals surface area contributed by atoms with Crippen LogP contribution in [0.4, 0.5) is 0 Å². The molecule has 0 N–H and O–H groups in total. The lowest BCUT2D eigenvalue weighted by atomic mass is 10.2. The van der Waals surface area contributed by atoms with Crippen LogP contribution in [0.25, 0.3) is 0 Å². The predicted octanol–water partition coefficient (Wildman–Crippen LogP) is 2.60. The molecule has 0 fully saturated rings. The monoisotopic (exact) mass is 277 g/mol. The largest absolute Gasteiger partial charge is 0.466 e. The van der Waals surface area contributed by atoms with Crippen LogP contribution in [0.15, 0.2) is 16.7 Å². The third-order valence-electron chi connectivity index (χ3n) is 1.57. The molecule has 1 aromatic heterocycles. The molecule has 0 aliphatic rings. The van der Waals surface area contributed by atoms with Crippen molar-refractivity contribution >= 4 is 33.5 Å². The lowest BCUT2D eigenvalue weighted by Crippen LogP contribution is -2.08. The fourth-order valence-electron chi connectivity index (χ4n) is 0.959. The number of esters is 1. The van der Waals surface area contributed by atoms with E-state index in [1.807, 2.05) is 0 Å². The number of rotatable bonds is 3. The molecule has 0 bridgehead atoms. The second-order valence-corrected chi connectivity index (χ2v) is 3.71. The lowest BCUT2D eigenvalue weighted by molar-refractivity contribution is -0.142. The van der Waals surface area contributed by atoms with Crippen molar-refractivity contribution in [2.24, 2.45) is 0 Å². The van der Waals surface area contributed by atoms with Gasteiger partial charge in [-0.1, -0.05) is 11.6 Å². The molecule has 0 amide bonds. The highest BCUT2D eigenvalue weighted by molar-refractivity contribution is 9.10. The molecule has 0 spiro atoms. The van der Waals surface area contributed by atoms with Gasteiger partial charge >= 0.3 is 5.97 Å². The smallest absolute Gasteiger partial charge is 0.310 e. The summed E-state index contributed by atoms with van der Waals surface area (Å²) >= 11 is 9.02. The van der Waals surface area contributed by atoms with Crippen LogP contribution in [0.1, 0.15) is 12.5 Å². The molecule has 5 heteroatoms. The van der Waals surface area contributed by atoms with Crippen LogP contribution in [0.3, 0.4) is 0 Å². The number of hydrogen-bond donors (Lipinski definition) is 0. The van der Waals surface area contributed by atoms with Gasteiger partial charge in [-0.15, -0.1) is 0 Å². The maximum absolute atomic E-state index is 11.2. The summed E-state index contributed by atoms with van der Waals surface area (Å²) in [6.45, 7) is 2.15. The van der Waals surface area contributed by atoms with Gasteiger partial charge in [-0.2, -0.15) is 0 Å². The molecule has 0 saturated carbocycles. The lowest BCUT2D eigenvalue weighted by Gasteiger charge is -2.04. The summed E-state index contributed by atoms with van der Waals surface area (Å²) in [4.78, 5) is 15.0. The van der Waals surface area contributed by atoms with Gasteiger partial charge in [0.2, 0.25) is 0 Å². The minimum atomic E-state index is -0.268. The van der Waals surface area contributed by atoms with Gasteiger partial charge in [-0.05, 0) is 34.5 Å². The van der Waals surface area contributed by atoms with Gasteiger partial charge in [0.15, 0.2) is 0 Å². The van der Waals surface area contributed by atoms with E-state index >= 15 is 0 Å². The summed E-state index contributed by atoms with van der Waals surface area (Å²) in [6, 6.07) is 1.73. The fraction of sp³-hybridized carbons (Fsp3) is 0.333. The number of pyridine rings is 1. The van der Waals surface area contributed by atoms with Crippen molar-refractivity contribution in [2.75, 3.05) is 6.61 Å². The average Bonchev–Trinajstić information content (AvgIpc) is 2.13. The normalized spacial score (nSPS) is 9.93. The second-order valence-electron chi connectivity index (χ2n) is 2.56. The van der Waals surface area contributed by atoms with E-state index in [2.05, 4.69) is 20.9 Å². The Kier molecular flexibility index (Phi) is 4.35. The highest BCUT2D eigenvalue weighted by Crippen LogP contribution is 2.24.